The standard InChI is InChI=1S/C17H24N4O2/c22-16(17(23)19-14-6-7-14)18-8-9-20-10-12-21(13-11-20)15-4-2-1-3-5-15/h1-5,14H,6-13H2,(H,18,22)(H,19,23). The van der Waals surface area contributed by atoms with E-state index in [1.807, 2.05) is 6.07 Å². The minimum absolute atomic E-state index is 0.222. The smallest absolute Gasteiger partial charge is 0.309 e. The summed E-state index contributed by atoms with van der Waals surface area (Å²) in [6.45, 7) is 5.21. The van der Waals surface area contributed by atoms with Crippen molar-refractivity contribution >= 4 is 17.5 Å². The molecule has 1 heterocycles. The van der Waals surface area contributed by atoms with E-state index in [9.17, 15) is 9.59 Å². The Kier molecular flexibility index (Phi) is 5.12. The van der Waals surface area contributed by atoms with Gasteiger partial charge in [0.15, 0.2) is 0 Å². The van der Waals surface area contributed by atoms with Crippen LogP contribution >= 0.6 is 0 Å². The predicted molar refractivity (Wildman–Crippen MR) is 89.3 cm³/mol. The van der Waals surface area contributed by atoms with E-state index in [2.05, 4.69) is 44.7 Å². The molecule has 1 saturated carbocycles. The van der Waals surface area contributed by atoms with E-state index in [4.69, 9.17) is 0 Å². The lowest BCUT2D eigenvalue weighted by molar-refractivity contribution is -0.139. The van der Waals surface area contributed by atoms with Gasteiger partial charge in [0.05, 0.1) is 0 Å². The molecule has 0 bridgehead atoms. The number of nitrogens with one attached hydrogen (secondary N) is 2. The Morgan fingerprint density at radius 3 is 2.35 bits per heavy atom. The second kappa shape index (κ2) is 7.46. The summed E-state index contributed by atoms with van der Waals surface area (Å²) in [5, 5.41) is 5.39. The summed E-state index contributed by atoms with van der Waals surface area (Å²) in [5.41, 5.74) is 1.26. The number of hydrogen-bond acceptors (Lipinski definition) is 4. The highest BCUT2D eigenvalue weighted by Gasteiger charge is 2.26. The summed E-state index contributed by atoms with van der Waals surface area (Å²) < 4.78 is 0. The second-order valence-corrected chi connectivity index (χ2v) is 6.17. The van der Waals surface area contributed by atoms with Gasteiger partial charge in [0.25, 0.3) is 0 Å². The van der Waals surface area contributed by atoms with Crippen LogP contribution in [0, 0.1) is 0 Å². The lowest BCUT2D eigenvalue weighted by atomic mass is 10.2. The fraction of sp³-hybridized carbons (Fsp3) is 0.529. The molecule has 2 fully saturated rings. The molecule has 1 saturated heterocycles. The molecule has 23 heavy (non-hydrogen) atoms. The highest BCUT2D eigenvalue weighted by Crippen LogP contribution is 2.18. The maximum absolute atomic E-state index is 11.6. The normalized spacial score (nSPS) is 18.5. The molecule has 2 amide bonds. The average Bonchev–Trinajstić information content (AvgIpc) is 3.40. The molecule has 6 nitrogen and oxygen atoms in total. The molecule has 2 aliphatic rings. The quantitative estimate of drug-likeness (QED) is 0.762. The van der Waals surface area contributed by atoms with Gasteiger partial charge in [-0.25, -0.2) is 0 Å². The molecule has 3 rings (SSSR count). The van der Waals surface area contributed by atoms with E-state index in [0.29, 0.717) is 6.54 Å². The molecule has 6 heteroatoms. The molecule has 0 aromatic heterocycles. The van der Waals surface area contributed by atoms with Gasteiger partial charge in [-0.05, 0) is 25.0 Å². The van der Waals surface area contributed by atoms with Crippen LogP contribution in [0.15, 0.2) is 30.3 Å². The van der Waals surface area contributed by atoms with Crippen molar-refractivity contribution in [1.82, 2.24) is 15.5 Å². The fourth-order valence-corrected chi connectivity index (χ4v) is 2.75. The monoisotopic (exact) mass is 316 g/mol. The average molecular weight is 316 g/mol. The minimum Gasteiger partial charge on any atom is -0.369 e. The van der Waals surface area contributed by atoms with E-state index in [-0.39, 0.29) is 6.04 Å². The molecule has 1 aliphatic carbocycles. The fourth-order valence-electron chi connectivity index (χ4n) is 2.75. The van der Waals surface area contributed by atoms with Gasteiger partial charge < -0.3 is 15.5 Å². The van der Waals surface area contributed by atoms with Crippen molar-refractivity contribution in [3.63, 3.8) is 0 Å². The Morgan fingerprint density at radius 1 is 1.00 bits per heavy atom. The Hall–Kier alpha value is -2.08. The Balaban J connectivity index is 1.33. The van der Waals surface area contributed by atoms with Gasteiger partial charge in [-0.3, -0.25) is 14.5 Å². The van der Waals surface area contributed by atoms with Crippen LogP contribution in [-0.2, 0) is 9.59 Å². The van der Waals surface area contributed by atoms with Crippen LogP contribution in [0.2, 0.25) is 0 Å². The van der Waals surface area contributed by atoms with Crippen molar-refractivity contribution in [2.24, 2.45) is 0 Å². The first kappa shape index (κ1) is 15.8. The number of amides is 2. The number of carbonyl (C=O) groups excluding carboxylic acids is 2. The molecule has 1 aromatic rings. The highest BCUT2D eigenvalue weighted by atomic mass is 16.2. The highest BCUT2D eigenvalue weighted by molar-refractivity contribution is 6.35. The van der Waals surface area contributed by atoms with Crippen molar-refractivity contribution in [2.75, 3.05) is 44.2 Å². The third-order valence-corrected chi connectivity index (χ3v) is 4.33. The summed E-state index contributed by atoms with van der Waals surface area (Å²) in [5.74, 6) is -1.01. The zero-order valence-electron chi connectivity index (χ0n) is 13.3. The zero-order chi connectivity index (χ0) is 16.1. The van der Waals surface area contributed by atoms with Crippen molar-refractivity contribution in [1.29, 1.82) is 0 Å². The predicted octanol–water partition coefficient (Wildman–Crippen LogP) is 0.203. The van der Waals surface area contributed by atoms with Crippen LogP contribution < -0.4 is 15.5 Å². The van der Waals surface area contributed by atoms with Gasteiger partial charge in [-0.2, -0.15) is 0 Å². The third kappa shape index (κ3) is 4.69. The lowest BCUT2D eigenvalue weighted by Crippen LogP contribution is -2.49. The molecule has 0 unspecified atom stereocenters. The summed E-state index contributed by atoms with van der Waals surface area (Å²) >= 11 is 0. The first-order valence-electron chi connectivity index (χ1n) is 8.33. The Labute approximate surface area is 136 Å². The molecule has 2 N–H and O–H groups in total. The molecule has 1 aromatic carbocycles. The van der Waals surface area contributed by atoms with E-state index in [1.54, 1.807) is 0 Å². The number of piperazine rings is 1. The molecule has 124 valence electrons. The number of benzene rings is 1. The van der Waals surface area contributed by atoms with E-state index >= 15 is 0 Å². The Morgan fingerprint density at radius 2 is 1.70 bits per heavy atom. The van der Waals surface area contributed by atoms with Crippen LogP contribution in [0.1, 0.15) is 12.8 Å². The number of para-hydroxylation sites is 1. The first-order valence-corrected chi connectivity index (χ1v) is 8.33. The molecule has 0 spiro atoms. The van der Waals surface area contributed by atoms with Crippen molar-refractivity contribution in [3.05, 3.63) is 30.3 Å². The Bertz CT molecular complexity index is 537. The number of hydrogen-bond donors (Lipinski definition) is 2. The van der Waals surface area contributed by atoms with Crippen molar-refractivity contribution in [2.45, 2.75) is 18.9 Å². The van der Waals surface area contributed by atoms with E-state index in [0.717, 1.165) is 45.6 Å². The molecule has 1 aliphatic heterocycles. The van der Waals surface area contributed by atoms with Crippen LogP contribution in [0.4, 0.5) is 5.69 Å². The van der Waals surface area contributed by atoms with Crippen molar-refractivity contribution in [3.8, 4) is 0 Å². The summed E-state index contributed by atoms with van der Waals surface area (Å²) in [4.78, 5) is 27.9. The van der Waals surface area contributed by atoms with Crippen LogP contribution in [0.3, 0.4) is 0 Å². The SMILES string of the molecule is O=C(NCCN1CCN(c2ccccc2)CC1)C(=O)NC1CC1. The third-order valence-electron chi connectivity index (χ3n) is 4.33. The zero-order valence-corrected chi connectivity index (χ0v) is 13.3. The van der Waals surface area contributed by atoms with Gasteiger partial charge in [-0.1, -0.05) is 18.2 Å². The van der Waals surface area contributed by atoms with Crippen LogP contribution in [0.5, 0.6) is 0 Å². The van der Waals surface area contributed by atoms with Gasteiger partial charge in [-0.15, -0.1) is 0 Å². The van der Waals surface area contributed by atoms with Gasteiger partial charge in [0.2, 0.25) is 0 Å². The summed E-state index contributed by atoms with van der Waals surface area (Å²) in [7, 11) is 0. The number of carbonyl (C=O) groups is 2. The van der Waals surface area contributed by atoms with E-state index < -0.39 is 11.8 Å². The molecule has 0 atom stereocenters. The lowest BCUT2D eigenvalue weighted by Gasteiger charge is -2.36. The number of nitrogens with zero attached hydrogens (tertiary/aromatic N) is 2. The topological polar surface area (TPSA) is 64.7 Å². The number of anilines is 1. The number of rotatable bonds is 5. The van der Waals surface area contributed by atoms with Gasteiger partial charge in [0, 0.05) is 51.0 Å². The summed E-state index contributed by atoms with van der Waals surface area (Å²) in [6.07, 6.45) is 1.98. The minimum atomic E-state index is -0.514. The maximum Gasteiger partial charge on any atom is 0.309 e. The first-order chi connectivity index (χ1) is 11.2. The second-order valence-electron chi connectivity index (χ2n) is 6.17. The van der Waals surface area contributed by atoms with E-state index in [1.165, 1.54) is 5.69 Å². The maximum atomic E-state index is 11.6. The van der Waals surface area contributed by atoms with Crippen molar-refractivity contribution < 1.29 is 9.59 Å². The molecular weight excluding hydrogens is 292 g/mol. The molecular formula is C17H24N4O2. The van der Waals surface area contributed by atoms with Crippen LogP contribution in [-0.4, -0.2) is 62.0 Å². The van der Waals surface area contributed by atoms with Gasteiger partial charge >= 0.3 is 11.8 Å². The van der Waals surface area contributed by atoms with Gasteiger partial charge in [0.1, 0.15) is 0 Å². The summed E-state index contributed by atoms with van der Waals surface area (Å²) in [6, 6.07) is 10.6. The molecule has 0 radical (unpaired) electrons. The van der Waals surface area contributed by atoms with Crippen LogP contribution in [0.25, 0.3) is 0 Å². The largest absolute Gasteiger partial charge is 0.369 e.